The third-order valence-electron chi connectivity index (χ3n) is 13.1. The molecule has 2 aromatic rings. The van der Waals surface area contributed by atoms with Gasteiger partial charge in [-0.25, -0.2) is 0 Å². The molecular formula is C50H75BrO6W4-2. The summed E-state index contributed by atoms with van der Waals surface area (Å²) < 4.78 is 5.29. The fourth-order valence-electron chi connectivity index (χ4n) is 8.91. The molecule has 0 heterocycles. The monoisotopic (exact) mass is 1590 g/mol. The van der Waals surface area contributed by atoms with E-state index < -0.39 is 5.97 Å². The van der Waals surface area contributed by atoms with E-state index in [1.165, 1.54) is 75.3 Å². The van der Waals surface area contributed by atoms with Crippen molar-refractivity contribution in [1.82, 2.24) is 0 Å². The molecule has 4 aliphatic rings. The van der Waals surface area contributed by atoms with Gasteiger partial charge in [0.1, 0.15) is 0 Å². The summed E-state index contributed by atoms with van der Waals surface area (Å²) in [6.07, 6.45) is 20.3. The first kappa shape index (κ1) is 65.2. The number of carboxylic acid groups (broad SMARTS) is 1. The van der Waals surface area contributed by atoms with Gasteiger partial charge in [0.15, 0.2) is 18.2 Å². The third kappa shape index (κ3) is 22.3. The molecule has 61 heavy (non-hydrogen) atoms. The van der Waals surface area contributed by atoms with Crippen LogP contribution in [0.4, 0.5) is 0 Å². The Morgan fingerprint density at radius 1 is 0.557 bits per heavy atom. The SMILES string of the molecule is C.C.CCC1CCC(c2ccc(C(=O)CBr)cc2)CC1.[CH2-]C1CCC(C(=O)O)CC1.[CH2-]C1CCC(C(=O)OCC(=O)c2ccc(C3CCC(CC)CC3)cc2)CC1.[W].[W].[W].[W]. The number of alkyl halides is 1. The number of ketones is 2. The van der Waals surface area contributed by atoms with Gasteiger partial charge >= 0.3 is 11.9 Å². The van der Waals surface area contributed by atoms with Crippen molar-refractivity contribution in [3.05, 3.63) is 84.6 Å². The van der Waals surface area contributed by atoms with Crippen molar-refractivity contribution in [2.75, 3.05) is 11.9 Å². The number of carbonyl (C=O) groups excluding carboxylic acids is 3. The molecule has 0 atom stereocenters. The van der Waals surface area contributed by atoms with Crippen molar-refractivity contribution in [3.63, 3.8) is 0 Å². The molecule has 0 bridgehead atoms. The number of hydrogen-bond donors (Lipinski definition) is 1. The number of rotatable bonds is 11. The summed E-state index contributed by atoms with van der Waals surface area (Å²) in [7, 11) is 0. The summed E-state index contributed by atoms with van der Waals surface area (Å²) in [5, 5.41) is 9.01. The summed E-state index contributed by atoms with van der Waals surface area (Å²) in [4.78, 5) is 46.5. The first-order valence-corrected chi connectivity index (χ1v) is 22.5. The number of Topliss-reactive ketones (excluding diaryl/α,β-unsaturated/α-hetero) is 2. The van der Waals surface area contributed by atoms with Gasteiger partial charge in [0.2, 0.25) is 0 Å². The normalized spacial score (nSPS) is 25.2. The molecule has 0 spiro atoms. The zero-order valence-electron chi connectivity index (χ0n) is 35.3. The average Bonchev–Trinajstić information content (AvgIpc) is 3.23. The molecule has 4 aliphatic carbocycles. The molecule has 0 amide bonds. The first-order valence-electron chi connectivity index (χ1n) is 21.4. The predicted octanol–water partition coefficient (Wildman–Crippen LogP) is 13.7. The van der Waals surface area contributed by atoms with Crippen molar-refractivity contribution in [2.45, 2.75) is 156 Å². The summed E-state index contributed by atoms with van der Waals surface area (Å²) in [5.41, 5.74) is 4.20. The van der Waals surface area contributed by atoms with Gasteiger partial charge in [-0.1, -0.05) is 132 Å². The van der Waals surface area contributed by atoms with Crippen LogP contribution in [0.1, 0.15) is 188 Å². The number of benzene rings is 2. The summed E-state index contributed by atoms with van der Waals surface area (Å²) in [6.45, 7) is 12.4. The molecule has 2 aromatic carbocycles. The molecule has 0 unspecified atom stereocenters. The van der Waals surface area contributed by atoms with E-state index in [1.807, 2.05) is 24.3 Å². The third-order valence-corrected chi connectivity index (χ3v) is 13.6. The van der Waals surface area contributed by atoms with Crippen LogP contribution in [0.15, 0.2) is 48.5 Å². The number of esters is 1. The number of hydrogen-bond acceptors (Lipinski definition) is 5. The average molecular weight is 1590 g/mol. The molecule has 1 N–H and O–H groups in total. The topological polar surface area (TPSA) is 97.7 Å². The van der Waals surface area contributed by atoms with Crippen LogP contribution >= 0.6 is 15.9 Å². The van der Waals surface area contributed by atoms with E-state index in [2.05, 4.69) is 67.9 Å². The van der Waals surface area contributed by atoms with Gasteiger partial charge in [-0.05, 0) is 112 Å². The number of aliphatic carboxylic acids is 1. The summed E-state index contributed by atoms with van der Waals surface area (Å²) in [6, 6.07) is 16.2. The van der Waals surface area contributed by atoms with E-state index in [-0.39, 0.29) is 135 Å². The van der Waals surface area contributed by atoms with Gasteiger partial charge in [0.05, 0.1) is 17.2 Å². The minimum absolute atomic E-state index is 0. The van der Waals surface area contributed by atoms with Crippen molar-refractivity contribution >= 4 is 39.4 Å². The second-order valence-corrected chi connectivity index (χ2v) is 17.4. The Kier molecular flexibility index (Phi) is 37.6. The van der Waals surface area contributed by atoms with Gasteiger partial charge < -0.3 is 23.7 Å². The van der Waals surface area contributed by atoms with Crippen LogP contribution in [0.25, 0.3) is 0 Å². The van der Waals surface area contributed by atoms with Crippen molar-refractivity contribution < 1.29 is 113 Å². The quantitative estimate of drug-likeness (QED) is 0.104. The first-order chi connectivity index (χ1) is 26.5. The molecule has 0 aliphatic heterocycles. The molecule has 0 saturated heterocycles. The Balaban J connectivity index is -0.000000865. The van der Waals surface area contributed by atoms with E-state index in [4.69, 9.17) is 9.84 Å². The largest absolute Gasteiger partial charge is 0.481 e. The minimum Gasteiger partial charge on any atom is -0.481 e. The molecule has 11 heteroatoms. The van der Waals surface area contributed by atoms with Crippen LogP contribution in [-0.4, -0.2) is 40.5 Å². The van der Waals surface area contributed by atoms with E-state index in [1.54, 1.807) is 0 Å². The zero-order chi connectivity index (χ0) is 39.7. The maximum absolute atomic E-state index is 12.4. The molecule has 6 nitrogen and oxygen atoms in total. The number of carboxylic acids is 1. The second kappa shape index (κ2) is 35.2. The summed E-state index contributed by atoms with van der Waals surface area (Å²) in [5.74, 6) is 3.16. The van der Waals surface area contributed by atoms with Crippen molar-refractivity contribution in [3.8, 4) is 0 Å². The Labute approximate surface area is 436 Å². The molecule has 0 radical (unpaired) electrons. The van der Waals surface area contributed by atoms with E-state index in [0.29, 0.717) is 34.6 Å². The van der Waals surface area contributed by atoms with E-state index >= 15 is 0 Å². The molecule has 6 rings (SSSR count). The van der Waals surface area contributed by atoms with Crippen LogP contribution in [0.2, 0.25) is 0 Å². The number of ether oxygens (including phenoxy) is 1. The van der Waals surface area contributed by atoms with Gasteiger partial charge in [-0.3, -0.25) is 19.2 Å². The molecule has 4 fully saturated rings. The molecular weight excluding hydrogens is 1510 g/mol. The van der Waals surface area contributed by atoms with E-state index in [9.17, 15) is 19.2 Å². The van der Waals surface area contributed by atoms with Crippen LogP contribution in [-0.2, 0) is 98.6 Å². The Hall–Kier alpha value is -0.0468. The molecule has 344 valence electrons. The van der Waals surface area contributed by atoms with Gasteiger partial charge in [-0.2, -0.15) is 11.8 Å². The van der Waals surface area contributed by atoms with Gasteiger partial charge in [-0.15, -0.1) is 0 Å². The van der Waals surface area contributed by atoms with Gasteiger partial charge in [0.25, 0.3) is 0 Å². The van der Waals surface area contributed by atoms with Crippen molar-refractivity contribution in [1.29, 1.82) is 0 Å². The predicted molar refractivity (Wildman–Crippen MR) is 239 cm³/mol. The summed E-state index contributed by atoms with van der Waals surface area (Å²) >= 11 is 3.21. The van der Waals surface area contributed by atoms with Crippen LogP contribution in [0, 0.1) is 49.4 Å². The van der Waals surface area contributed by atoms with Crippen LogP contribution in [0.3, 0.4) is 0 Å². The number of halogens is 1. The molecule has 0 aromatic heterocycles. The maximum atomic E-state index is 12.4. The van der Waals surface area contributed by atoms with E-state index in [0.717, 1.165) is 68.8 Å². The molecule has 4 saturated carbocycles. The fraction of sp³-hybridized carbons (Fsp3) is 0.640. The van der Waals surface area contributed by atoms with Gasteiger partial charge in [0, 0.05) is 95.4 Å². The Bertz CT molecular complexity index is 1470. The Morgan fingerprint density at radius 3 is 1.23 bits per heavy atom. The van der Waals surface area contributed by atoms with Crippen molar-refractivity contribution in [2.24, 2.45) is 35.5 Å². The minimum atomic E-state index is -0.632. The number of carbonyl (C=O) groups is 4. The smallest absolute Gasteiger partial charge is 0.309 e. The zero-order valence-corrected chi connectivity index (χ0v) is 48.6. The Morgan fingerprint density at radius 2 is 0.902 bits per heavy atom. The second-order valence-electron chi connectivity index (χ2n) is 16.9. The van der Waals surface area contributed by atoms with Crippen LogP contribution < -0.4 is 0 Å². The standard InChI is InChI=1S/C24H33O3.C16H21BrO.C8H13O2.2CH4.4W/c1-3-18-6-10-19(11-7-18)20-12-14-21(15-13-20)23(25)16-27-24(26)22-8-4-17(2)5-9-22;1-2-12-3-5-13(6-4-12)14-7-9-15(10-8-14)16(18)11-17;1-6-2-4-7(5-3-6)8(9)10;;;;;;/h12-15,17-19,22H,2-11,16H2,1H3;7-10,12-13H,2-6,11H2,1H3;6-7H,1-5H2,(H,9,10);2*1H4;;;;/q-1;;-1;;;;;;. The maximum Gasteiger partial charge on any atom is 0.309 e. The fourth-order valence-corrected chi connectivity index (χ4v) is 9.24. The van der Waals surface area contributed by atoms with Crippen LogP contribution in [0.5, 0.6) is 0 Å².